The third kappa shape index (κ3) is 4.51. The van der Waals surface area contributed by atoms with Gasteiger partial charge in [0, 0.05) is 19.0 Å². The number of nitrogens with zero attached hydrogens (tertiary/aromatic N) is 2. The van der Waals surface area contributed by atoms with Gasteiger partial charge in [0.1, 0.15) is 11.5 Å². The van der Waals surface area contributed by atoms with Crippen LogP contribution < -0.4 is 19.7 Å². The number of methoxy groups -OCH3 is 1. The highest BCUT2D eigenvalue weighted by Crippen LogP contribution is 2.34. The number of nitrogens with one attached hydrogen (secondary N) is 1. The average Bonchev–Trinajstić information content (AvgIpc) is 3.33. The van der Waals surface area contributed by atoms with Gasteiger partial charge in [0.2, 0.25) is 5.91 Å². The fraction of sp³-hybridized carbons (Fsp3) is 0.417. The standard InChI is InChI=1S/C24H29N3O4/c1-17(28)27-16-23(31-22-12-6-4-10-19(22)27)24(29)25-15-20(26-13-7-8-14-26)18-9-3-5-11-21(18)30-2/h3-6,9-12,20,23H,7-8,13-16H2,1-2H3,(H,25,29)/t20-,23+/m1/s1. The Morgan fingerprint density at radius 2 is 1.84 bits per heavy atom. The zero-order valence-corrected chi connectivity index (χ0v) is 18.0. The van der Waals surface area contributed by atoms with Gasteiger partial charge < -0.3 is 19.7 Å². The van der Waals surface area contributed by atoms with Gasteiger partial charge in [-0.3, -0.25) is 14.5 Å². The second-order valence-corrected chi connectivity index (χ2v) is 7.95. The quantitative estimate of drug-likeness (QED) is 0.774. The van der Waals surface area contributed by atoms with Crippen molar-refractivity contribution in [1.29, 1.82) is 0 Å². The molecule has 31 heavy (non-hydrogen) atoms. The molecule has 1 saturated heterocycles. The minimum Gasteiger partial charge on any atom is -0.496 e. The number of para-hydroxylation sites is 3. The number of anilines is 1. The number of carbonyl (C=O) groups is 2. The second kappa shape index (κ2) is 9.39. The van der Waals surface area contributed by atoms with Crippen molar-refractivity contribution in [2.75, 3.05) is 38.2 Å². The van der Waals surface area contributed by atoms with Crippen LogP contribution >= 0.6 is 0 Å². The summed E-state index contributed by atoms with van der Waals surface area (Å²) in [6.07, 6.45) is 1.54. The molecule has 1 fully saturated rings. The van der Waals surface area contributed by atoms with Crippen molar-refractivity contribution < 1.29 is 19.1 Å². The molecule has 2 aromatic rings. The van der Waals surface area contributed by atoms with Gasteiger partial charge in [-0.05, 0) is 44.1 Å². The van der Waals surface area contributed by atoms with Gasteiger partial charge >= 0.3 is 0 Å². The lowest BCUT2D eigenvalue weighted by atomic mass is 10.0. The first-order chi connectivity index (χ1) is 15.1. The van der Waals surface area contributed by atoms with E-state index in [1.54, 1.807) is 18.1 Å². The molecular weight excluding hydrogens is 394 g/mol. The van der Waals surface area contributed by atoms with E-state index in [0.717, 1.165) is 37.2 Å². The maximum atomic E-state index is 13.1. The van der Waals surface area contributed by atoms with E-state index in [-0.39, 0.29) is 24.4 Å². The summed E-state index contributed by atoms with van der Waals surface area (Å²) in [5.41, 5.74) is 1.76. The smallest absolute Gasteiger partial charge is 0.263 e. The fourth-order valence-electron chi connectivity index (χ4n) is 4.41. The zero-order chi connectivity index (χ0) is 21.8. The van der Waals surface area contributed by atoms with Gasteiger partial charge in [-0.2, -0.15) is 0 Å². The molecule has 2 heterocycles. The molecule has 2 aromatic carbocycles. The molecule has 0 spiro atoms. The number of hydrogen-bond donors (Lipinski definition) is 1. The number of hydrogen-bond acceptors (Lipinski definition) is 5. The highest BCUT2D eigenvalue weighted by Gasteiger charge is 2.33. The van der Waals surface area contributed by atoms with E-state index < -0.39 is 6.10 Å². The Morgan fingerprint density at radius 1 is 1.13 bits per heavy atom. The summed E-state index contributed by atoms with van der Waals surface area (Å²) in [7, 11) is 1.67. The Morgan fingerprint density at radius 3 is 2.58 bits per heavy atom. The molecular formula is C24H29N3O4. The zero-order valence-electron chi connectivity index (χ0n) is 18.0. The number of likely N-dealkylation sites (tertiary alicyclic amines) is 1. The summed E-state index contributed by atoms with van der Waals surface area (Å²) in [4.78, 5) is 29.2. The third-order valence-electron chi connectivity index (χ3n) is 6.00. The number of carbonyl (C=O) groups excluding carboxylic acids is 2. The van der Waals surface area contributed by atoms with Crippen LogP contribution in [0.2, 0.25) is 0 Å². The van der Waals surface area contributed by atoms with E-state index in [4.69, 9.17) is 9.47 Å². The number of ether oxygens (including phenoxy) is 2. The largest absolute Gasteiger partial charge is 0.496 e. The molecule has 2 amide bonds. The van der Waals surface area contributed by atoms with Crippen molar-refractivity contribution in [2.24, 2.45) is 0 Å². The normalized spacial score (nSPS) is 19.3. The summed E-state index contributed by atoms with van der Waals surface area (Å²) >= 11 is 0. The van der Waals surface area contributed by atoms with Crippen LogP contribution in [0.4, 0.5) is 5.69 Å². The maximum Gasteiger partial charge on any atom is 0.263 e. The first kappa shape index (κ1) is 21.2. The lowest BCUT2D eigenvalue weighted by molar-refractivity contribution is -0.128. The summed E-state index contributed by atoms with van der Waals surface area (Å²) in [5, 5.41) is 3.07. The van der Waals surface area contributed by atoms with Gasteiger partial charge in [-0.15, -0.1) is 0 Å². The van der Waals surface area contributed by atoms with E-state index in [9.17, 15) is 9.59 Å². The van der Waals surface area contributed by atoms with Crippen molar-refractivity contribution >= 4 is 17.5 Å². The van der Waals surface area contributed by atoms with Crippen LogP contribution in [0.5, 0.6) is 11.5 Å². The van der Waals surface area contributed by atoms with Crippen molar-refractivity contribution in [2.45, 2.75) is 31.9 Å². The first-order valence-corrected chi connectivity index (χ1v) is 10.8. The van der Waals surface area contributed by atoms with Gasteiger partial charge in [0.05, 0.1) is 25.4 Å². The second-order valence-electron chi connectivity index (χ2n) is 7.95. The lowest BCUT2D eigenvalue weighted by Gasteiger charge is -2.34. The monoisotopic (exact) mass is 423 g/mol. The topological polar surface area (TPSA) is 71.1 Å². The van der Waals surface area contributed by atoms with Crippen LogP contribution in [0.3, 0.4) is 0 Å². The van der Waals surface area contributed by atoms with Gasteiger partial charge in [0.15, 0.2) is 6.10 Å². The van der Waals surface area contributed by atoms with Crippen molar-refractivity contribution in [1.82, 2.24) is 10.2 Å². The molecule has 0 unspecified atom stereocenters. The molecule has 2 aliphatic rings. The molecule has 0 aliphatic carbocycles. The molecule has 0 saturated carbocycles. The minimum atomic E-state index is -0.754. The molecule has 4 rings (SSSR count). The Hall–Kier alpha value is -3.06. The molecule has 0 aromatic heterocycles. The fourth-order valence-corrected chi connectivity index (χ4v) is 4.41. The van der Waals surface area contributed by atoms with E-state index in [1.807, 2.05) is 36.4 Å². The predicted octanol–water partition coefficient (Wildman–Crippen LogP) is 2.76. The average molecular weight is 424 g/mol. The summed E-state index contributed by atoms with van der Waals surface area (Å²) < 4.78 is 11.5. The third-order valence-corrected chi connectivity index (χ3v) is 6.00. The van der Waals surface area contributed by atoms with Gasteiger partial charge in [0.25, 0.3) is 5.91 Å². The molecule has 7 nitrogen and oxygen atoms in total. The van der Waals surface area contributed by atoms with Crippen LogP contribution in [0.25, 0.3) is 0 Å². The molecule has 164 valence electrons. The number of benzene rings is 2. The Kier molecular flexibility index (Phi) is 6.42. The first-order valence-electron chi connectivity index (χ1n) is 10.8. The SMILES string of the molecule is COc1ccccc1[C@@H](CNC(=O)[C@@H]1CN(C(C)=O)c2ccccc2O1)N1CCCC1. The van der Waals surface area contributed by atoms with E-state index >= 15 is 0 Å². The summed E-state index contributed by atoms with van der Waals surface area (Å²) in [6, 6.07) is 15.3. The lowest BCUT2D eigenvalue weighted by Crippen LogP contribution is -2.51. The number of rotatable bonds is 6. The molecule has 0 bridgehead atoms. The van der Waals surface area contributed by atoms with E-state index in [1.165, 1.54) is 6.92 Å². The van der Waals surface area contributed by atoms with Crippen LogP contribution in [0, 0.1) is 0 Å². The summed E-state index contributed by atoms with van der Waals surface area (Å²) in [6.45, 7) is 4.12. The number of fused-ring (bicyclic) bond motifs is 1. The predicted molar refractivity (Wildman–Crippen MR) is 118 cm³/mol. The highest BCUT2D eigenvalue weighted by molar-refractivity contribution is 5.95. The molecule has 2 atom stereocenters. The van der Waals surface area contributed by atoms with Crippen molar-refractivity contribution in [3.63, 3.8) is 0 Å². The van der Waals surface area contributed by atoms with Gasteiger partial charge in [-0.25, -0.2) is 0 Å². The van der Waals surface area contributed by atoms with E-state index in [2.05, 4.69) is 16.3 Å². The molecule has 2 aliphatic heterocycles. The Labute approximate surface area is 182 Å². The highest BCUT2D eigenvalue weighted by atomic mass is 16.5. The molecule has 1 N–H and O–H groups in total. The van der Waals surface area contributed by atoms with Crippen LogP contribution in [0.1, 0.15) is 31.4 Å². The van der Waals surface area contributed by atoms with Gasteiger partial charge in [-0.1, -0.05) is 30.3 Å². The minimum absolute atomic E-state index is 0.0161. The molecule has 7 heteroatoms. The number of amides is 2. The van der Waals surface area contributed by atoms with Crippen molar-refractivity contribution in [3.8, 4) is 11.5 Å². The van der Waals surface area contributed by atoms with Crippen LogP contribution in [-0.4, -0.2) is 56.1 Å². The maximum absolute atomic E-state index is 13.1. The summed E-state index contributed by atoms with van der Waals surface area (Å²) in [5.74, 6) is 1.03. The molecule has 0 radical (unpaired) electrons. The Balaban J connectivity index is 1.50. The van der Waals surface area contributed by atoms with Crippen LogP contribution in [0.15, 0.2) is 48.5 Å². The Bertz CT molecular complexity index is 942. The van der Waals surface area contributed by atoms with E-state index in [0.29, 0.717) is 18.0 Å². The van der Waals surface area contributed by atoms with Crippen molar-refractivity contribution in [3.05, 3.63) is 54.1 Å². The van der Waals surface area contributed by atoms with Crippen LogP contribution in [-0.2, 0) is 9.59 Å².